The molecule has 2 aliphatic rings. The molecule has 0 saturated carbocycles. The minimum atomic E-state index is -1.01. The Kier molecular flexibility index (Phi) is 3.98. The number of nitrogens with one attached hydrogen (secondary N) is 1. The molecule has 3 heterocycles. The van der Waals surface area contributed by atoms with Crippen LogP contribution in [0.3, 0.4) is 0 Å². The van der Waals surface area contributed by atoms with Crippen LogP contribution in [0.4, 0.5) is 0 Å². The molecular formula is C20H22N2O4. The number of aryl methyl sites for hydroxylation is 1. The SMILES string of the molecule is CCc1ccc(C(=O)N2C[C@H]3COc4ccccc4C[C@@]3(C(=O)O)C2)[nH]1. The number of amides is 1. The second-order valence-corrected chi connectivity index (χ2v) is 7.19. The zero-order chi connectivity index (χ0) is 18.3. The molecule has 1 aromatic carbocycles. The van der Waals surface area contributed by atoms with Gasteiger partial charge < -0.3 is 19.7 Å². The second kappa shape index (κ2) is 6.20. The standard InChI is InChI=1S/C20H22N2O4/c1-2-15-7-8-16(21-15)18(23)22-10-14-11-26-17-6-4-3-5-13(17)9-20(14,12-22)19(24)25/h3-8,14,21H,2,9-12H2,1H3,(H,24,25)/t14-,20+/m0/s1. The largest absolute Gasteiger partial charge is 0.493 e. The first-order valence-corrected chi connectivity index (χ1v) is 8.95. The number of fused-ring (bicyclic) bond motifs is 2. The minimum Gasteiger partial charge on any atom is -0.493 e. The van der Waals surface area contributed by atoms with Crippen molar-refractivity contribution in [1.82, 2.24) is 9.88 Å². The summed E-state index contributed by atoms with van der Waals surface area (Å²) in [7, 11) is 0. The normalized spacial score (nSPS) is 24.3. The Hall–Kier alpha value is -2.76. The molecule has 0 bridgehead atoms. The number of aromatic amines is 1. The monoisotopic (exact) mass is 354 g/mol. The number of para-hydroxylation sites is 1. The molecule has 1 fully saturated rings. The van der Waals surface area contributed by atoms with Gasteiger partial charge in [-0.05, 0) is 36.6 Å². The van der Waals surface area contributed by atoms with Crippen molar-refractivity contribution in [3.63, 3.8) is 0 Å². The van der Waals surface area contributed by atoms with Gasteiger partial charge in [-0.25, -0.2) is 0 Å². The van der Waals surface area contributed by atoms with Gasteiger partial charge in [-0.15, -0.1) is 0 Å². The fraction of sp³-hybridized carbons (Fsp3) is 0.400. The van der Waals surface area contributed by atoms with Crippen LogP contribution in [0.25, 0.3) is 0 Å². The van der Waals surface area contributed by atoms with Crippen molar-refractivity contribution in [2.75, 3.05) is 19.7 Å². The number of H-pyrrole nitrogens is 1. The molecule has 0 aliphatic carbocycles. The molecule has 1 amide bonds. The quantitative estimate of drug-likeness (QED) is 0.886. The van der Waals surface area contributed by atoms with Crippen molar-refractivity contribution < 1.29 is 19.4 Å². The van der Waals surface area contributed by atoms with Crippen LogP contribution in [0, 0.1) is 11.3 Å². The van der Waals surface area contributed by atoms with Crippen LogP contribution in [0.1, 0.15) is 28.7 Å². The van der Waals surface area contributed by atoms with E-state index >= 15 is 0 Å². The van der Waals surface area contributed by atoms with Gasteiger partial charge in [-0.2, -0.15) is 0 Å². The zero-order valence-corrected chi connectivity index (χ0v) is 14.7. The third-order valence-corrected chi connectivity index (χ3v) is 5.68. The van der Waals surface area contributed by atoms with Crippen LogP contribution >= 0.6 is 0 Å². The molecule has 4 rings (SSSR count). The first-order valence-electron chi connectivity index (χ1n) is 8.95. The van der Waals surface area contributed by atoms with E-state index in [1.807, 2.05) is 37.3 Å². The van der Waals surface area contributed by atoms with Crippen LogP contribution in [0.2, 0.25) is 0 Å². The van der Waals surface area contributed by atoms with Gasteiger partial charge in [0.1, 0.15) is 11.4 Å². The molecule has 6 heteroatoms. The Morgan fingerprint density at radius 3 is 2.85 bits per heavy atom. The number of hydrogen-bond donors (Lipinski definition) is 2. The van der Waals surface area contributed by atoms with Gasteiger partial charge >= 0.3 is 5.97 Å². The van der Waals surface area contributed by atoms with Gasteiger partial charge in [0.25, 0.3) is 5.91 Å². The molecular weight excluding hydrogens is 332 g/mol. The van der Waals surface area contributed by atoms with E-state index in [-0.39, 0.29) is 18.4 Å². The van der Waals surface area contributed by atoms with Crippen molar-refractivity contribution >= 4 is 11.9 Å². The Balaban J connectivity index is 1.64. The Labute approximate surface area is 151 Å². The summed E-state index contributed by atoms with van der Waals surface area (Å²) >= 11 is 0. The lowest BCUT2D eigenvalue weighted by molar-refractivity contribution is -0.150. The summed E-state index contributed by atoms with van der Waals surface area (Å²) < 4.78 is 5.88. The number of likely N-dealkylation sites (tertiary alicyclic amines) is 1. The molecule has 1 saturated heterocycles. The number of carbonyl (C=O) groups is 2. The van der Waals surface area contributed by atoms with Gasteiger partial charge in [-0.3, -0.25) is 9.59 Å². The third-order valence-electron chi connectivity index (χ3n) is 5.68. The first-order chi connectivity index (χ1) is 12.5. The molecule has 0 radical (unpaired) electrons. The Morgan fingerprint density at radius 2 is 2.12 bits per heavy atom. The van der Waals surface area contributed by atoms with E-state index in [2.05, 4.69) is 4.98 Å². The summed E-state index contributed by atoms with van der Waals surface area (Å²) in [5, 5.41) is 10.1. The number of rotatable bonds is 3. The van der Waals surface area contributed by atoms with E-state index in [4.69, 9.17) is 4.74 Å². The fourth-order valence-electron chi connectivity index (χ4n) is 4.12. The van der Waals surface area contributed by atoms with E-state index in [1.54, 1.807) is 11.0 Å². The molecule has 0 unspecified atom stereocenters. The summed E-state index contributed by atoms with van der Waals surface area (Å²) in [4.78, 5) is 29.9. The topological polar surface area (TPSA) is 82.6 Å². The fourth-order valence-corrected chi connectivity index (χ4v) is 4.12. The van der Waals surface area contributed by atoms with Gasteiger partial charge in [0.05, 0.1) is 12.0 Å². The predicted octanol–water partition coefficient (Wildman–Crippen LogP) is 2.36. The highest BCUT2D eigenvalue weighted by molar-refractivity contribution is 5.93. The first kappa shape index (κ1) is 16.7. The molecule has 136 valence electrons. The summed E-state index contributed by atoms with van der Waals surface area (Å²) in [5.41, 5.74) is 1.38. The molecule has 2 atom stereocenters. The lowest BCUT2D eigenvalue weighted by Gasteiger charge is -2.27. The van der Waals surface area contributed by atoms with E-state index in [9.17, 15) is 14.7 Å². The number of hydrogen-bond acceptors (Lipinski definition) is 3. The highest BCUT2D eigenvalue weighted by Crippen LogP contribution is 2.44. The molecule has 2 aromatic rings. The van der Waals surface area contributed by atoms with Crippen LogP contribution in [-0.2, 0) is 17.6 Å². The van der Waals surface area contributed by atoms with Crippen LogP contribution in [-0.4, -0.2) is 46.6 Å². The van der Waals surface area contributed by atoms with Crippen LogP contribution in [0.15, 0.2) is 36.4 Å². The van der Waals surface area contributed by atoms with Gasteiger partial charge in [-0.1, -0.05) is 25.1 Å². The van der Waals surface area contributed by atoms with Crippen LogP contribution in [0.5, 0.6) is 5.75 Å². The average molecular weight is 354 g/mol. The number of carboxylic acid groups (broad SMARTS) is 1. The lowest BCUT2D eigenvalue weighted by Crippen LogP contribution is -2.42. The number of aromatic nitrogens is 1. The summed E-state index contributed by atoms with van der Waals surface area (Å²) in [6.45, 7) is 2.91. The van der Waals surface area contributed by atoms with Crippen molar-refractivity contribution in [3.8, 4) is 5.75 Å². The van der Waals surface area contributed by atoms with E-state index in [0.29, 0.717) is 25.3 Å². The maximum Gasteiger partial charge on any atom is 0.312 e. The van der Waals surface area contributed by atoms with E-state index < -0.39 is 11.4 Å². The van der Waals surface area contributed by atoms with Crippen molar-refractivity contribution in [2.45, 2.75) is 19.8 Å². The molecule has 6 nitrogen and oxygen atoms in total. The number of nitrogens with zero attached hydrogens (tertiary/aromatic N) is 1. The molecule has 26 heavy (non-hydrogen) atoms. The maximum atomic E-state index is 12.9. The molecule has 1 aromatic heterocycles. The van der Waals surface area contributed by atoms with Crippen molar-refractivity contribution in [3.05, 3.63) is 53.3 Å². The number of aliphatic carboxylic acids is 1. The smallest absolute Gasteiger partial charge is 0.312 e. The Morgan fingerprint density at radius 1 is 1.31 bits per heavy atom. The Bertz CT molecular complexity index is 859. The zero-order valence-electron chi connectivity index (χ0n) is 14.7. The number of ether oxygens (including phenoxy) is 1. The summed E-state index contributed by atoms with van der Waals surface area (Å²) in [6, 6.07) is 11.2. The second-order valence-electron chi connectivity index (χ2n) is 7.19. The molecule has 2 aliphatic heterocycles. The minimum absolute atomic E-state index is 0.147. The van der Waals surface area contributed by atoms with Crippen molar-refractivity contribution in [1.29, 1.82) is 0 Å². The van der Waals surface area contributed by atoms with E-state index in [0.717, 1.165) is 23.4 Å². The number of carboxylic acids is 1. The van der Waals surface area contributed by atoms with Gasteiger partial charge in [0.15, 0.2) is 0 Å². The molecule has 2 N–H and O–H groups in total. The predicted molar refractivity (Wildman–Crippen MR) is 95.3 cm³/mol. The van der Waals surface area contributed by atoms with Gasteiger partial charge in [0.2, 0.25) is 0 Å². The van der Waals surface area contributed by atoms with E-state index in [1.165, 1.54) is 0 Å². The highest BCUT2D eigenvalue weighted by Gasteiger charge is 2.55. The maximum absolute atomic E-state index is 12.9. The lowest BCUT2D eigenvalue weighted by atomic mass is 9.74. The number of carbonyl (C=O) groups excluding carboxylic acids is 1. The highest BCUT2D eigenvalue weighted by atomic mass is 16.5. The summed E-state index contributed by atoms with van der Waals surface area (Å²) in [6.07, 6.45) is 1.19. The summed E-state index contributed by atoms with van der Waals surface area (Å²) in [5.74, 6) is -0.500. The number of benzene rings is 1. The van der Waals surface area contributed by atoms with Gasteiger partial charge in [0, 0.05) is 24.7 Å². The third kappa shape index (κ3) is 2.57. The molecule has 0 spiro atoms. The van der Waals surface area contributed by atoms with Crippen LogP contribution < -0.4 is 4.74 Å². The average Bonchev–Trinajstić information content (AvgIpc) is 3.23. The van der Waals surface area contributed by atoms with Crippen molar-refractivity contribution in [2.24, 2.45) is 11.3 Å².